The van der Waals surface area contributed by atoms with Gasteiger partial charge in [-0.2, -0.15) is 0 Å². The van der Waals surface area contributed by atoms with Gasteiger partial charge >= 0.3 is 5.97 Å². The second-order valence-corrected chi connectivity index (χ2v) is 6.97. The van der Waals surface area contributed by atoms with Crippen LogP contribution in [-0.4, -0.2) is 41.5 Å². The number of carbonyl (C=O) groups is 2. The minimum absolute atomic E-state index is 0.320. The molecule has 0 N–H and O–H groups in total. The van der Waals surface area contributed by atoms with Gasteiger partial charge < -0.3 is 9.64 Å². The number of hydrogen-bond donors (Lipinski definition) is 0. The van der Waals surface area contributed by atoms with E-state index in [4.69, 9.17) is 16.3 Å². The van der Waals surface area contributed by atoms with Crippen molar-refractivity contribution in [1.82, 2.24) is 9.88 Å². The molecule has 0 unspecified atom stereocenters. The molecule has 1 heterocycles. The van der Waals surface area contributed by atoms with E-state index in [1.54, 1.807) is 36.4 Å². The van der Waals surface area contributed by atoms with Crippen molar-refractivity contribution >= 4 is 34.4 Å². The summed E-state index contributed by atoms with van der Waals surface area (Å²) in [5.41, 5.74) is 2.43. The van der Waals surface area contributed by atoms with E-state index in [1.807, 2.05) is 30.3 Å². The largest absolute Gasteiger partial charge is 0.452 e. The summed E-state index contributed by atoms with van der Waals surface area (Å²) >= 11 is 5.97. The van der Waals surface area contributed by atoms with Crippen molar-refractivity contribution in [3.8, 4) is 11.3 Å². The van der Waals surface area contributed by atoms with Crippen molar-refractivity contribution in [2.75, 3.05) is 19.7 Å². The summed E-state index contributed by atoms with van der Waals surface area (Å²) < 4.78 is 5.33. The summed E-state index contributed by atoms with van der Waals surface area (Å²) in [5.74, 6) is -0.909. The summed E-state index contributed by atoms with van der Waals surface area (Å²) in [7, 11) is 0. The number of para-hydroxylation sites is 1. The maximum Gasteiger partial charge on any atom is 0.339 e. The molecule has 0 aliphatic heterocycles. The monoisotopic (exact) mass is 420 g/mol. The van der Waals surface area contributed by atoms with Crippen molar-refractivity contribution in [2.24, 2.45) is 0 Å². The molecule has 2 aromatic carbocycles. The van der Waals surface area contributed by atoms with Crippen LogP contribution < -0.4 is 0 Å². The van der Waals surface area contributed by atoms with Crippen molar-refractivity contribution in [3.05, 3.63) is 90.5 Å². The molecule has 3 aromatic rings. The third-order valence-corrected chi connectivity index (χ3v) is 4.71. The minimum Gasteiger partial charge on any atom is -0.452 e. The van der Waals surface area contributed by atoms with Gasteiger partial charge in [-0.1, -0.05) is 54.1 Å². The summed E-state index contributed by atoms with van der Waals surface area (Å²) in [6, 6.07) is 16.2. The van der Waals surface area contributed by atoms with E-state index in [2.05, 4.69) is 18.1 Å². The number of aromatic nitrogens is 1. The molecule has 0 spiro atoms. The Balaban J connectivity index is 1.89. The van der Waals surface area contributed by atoms with E-state index in [9.17, 15) is 9.59 Å². The topological polar surface area (TPSA) is 59.5 Å². The normalized spacial score (nSPS) is 10.4. The van der Waals surface area contributed by atoms with Gasteiger partial charge in [-0.3, -0.25) is 4.79 Å². The molecule has 0 saturated heterocycles. The fraction of sp³-hybridized carbons (Fsp3) is 0.125. The second-order valence-electron chi connectivity index (χ2n) is 6.53. The highest BCUT2D eigenvalue weighted by atomic mass is 35.5. The Kier molecular flexibility index (Phi) is 6.99. The van der Waals surface area contributed by atoms with Crippen LogP contribution >= 0.6 is 11.6 Å². The number of ether oxygens (including phenoxy) is 1. The van der Waals surface area contributed by atoms with Crippen LogP contribution in [0, 0.1) is 0 Å². The number of rotatable bonds is 8. The number of esters is 1. The Hall–Kier alpha value is -3.44. The number of amides is 1. The Morgan fingerprint density at radius 1 is 1.03 bits per heavy atom. The quantitative estimate of drug-likeness (QED) is 0.383. The van der Waals surface area contributed by atoms with Crippen molar-refractivity contribution in [1.29, 1.82) is 0 Å². The zero-order valence-corrected chi connectivity index (χ0v) is 17.1. The first-order valence-corrected chi connectivity index (χ1v) is 9.73. The Morgan fingerprint density at radius 3 is 2.37 bits per heavy atom. The molecule has 30 heavy (non-hydrogen) atoms. The van der Waals surface area contributed by atoms with Gasteiger partial charge in [0, 0.05) is 29.1 Å². The highest BCUT2D eigenvalue weighted by Crippen LogP contribution is 2.26. The van der Waals surface area contributed by atoms with Crippen LogP contribution in [-0.2, 0) is 9.53 Å². The summed E-state index contributed by atoms with van der Waals surface area (Å²) in [6.07, 6.45) is 3.22. The van der Waals surface area contributed by atoms with E-state index in [1.165, 1.54) is 4.90 Å². The molecule has 0 saturated carbocycles. The summed E-state index contributed by atoms with van der Waals surface area (Å²) in [5, 5.41) is 1.27. The number of hydrogen-bond acceptors (Lipinski definition) is 4. The summed E-state index contributed by atoms with van der Waals surface area (Å²) in [6.45, 7) is 7.60. The highest BCUT2D eigenvalue weighted by Gasteiger charge is 2.18. The number of benzene rings is 2. The lowest BCUT2D eigenvalue weighted by Gasteiger charge is -2.19. The van der Waals surface area contributed by atoms with Crippen LogP contribution in [0.15, 0.2) is 79.9 Å². The zero-order valence-electron chi connectivity index (χ0n) is 16.4. The molecule has 6 heteroatoms. The van der Waals surface area contributed by atoms with Gasteiger partial charge in [-0.25, -0.2) is 9.78 Å². The molecular formula is C24H21ClN2O3. The molecule has 1 aromatic heterocycles. The lowest BCUT2D eigenvalue weighted by molar-refractivity contribution is -0.133. The second kappa shape index (κ2) is 9.85. The minimum atomic E-state index is -0.589. The van der Waals surface area contributed by atoms with E-state index in [0.717, 1.165) is 5.56 Å². The number of halogens is 1. The predicted octanol–water partition coefficient (Wildman–Crippen LogP) is 4.91. The van der Waals surface area contributed by atoms with Crippen molar-refractivity contribution in [2.45, 2.75) is 0 Å². The van der Waals surface area contributed by atoms with Gasteiger partial charge in [0.1, 0.15) is 0 Å². The standard InChI is InChI=1S/C24H21ClN2O3/c1-3-13-27(14-4-2)23(28)16-30-24(29)20-15-22(17-9-11-18(25)12-10-17)26-21-8-6-5-7-19(20)21/h3-12,15H,1-2,13-14,16H2. The molecule has 152 valence electrons. The van der Waals surface area contributed by atoms with Crippen molar-refractivity contribution < 1.29 is 14.3 Å². The number of carbonyl (C=O) groups excluding carboxylic acids is 2. The van der Waals surface area contributed by atoms with Crippen LogP contribution in [0.4, 0.5) is 0 Å². The zero-order chi connectivity index (χ0) is 21.5. The predicted molar refractivity (Wildman–Crippen MR) is 119 cm³/mol. The Bertz CT molecular complexity index is 1080. The van der Waals surface area contributed by atoms with Crippen LogP contribution in [0.2, 0.25) is 5.02 Å². The van der Waals surface area contributed by atoms with E-state index in [-0.39, 0.29) is 12.5 Å². The fourth-order valence-electron chi connectivity index (χ4n) is 3.00. The fourth-order valence-corrected chi connectivity index (χ4v) is 3.12. The molecule has 1 amide bonds. The van der Waals surface area contributed by atoms with Gasteiger partial charge in [0.15, 0.2) is 6.61 Å². The lowest BCUT2D eigenvalue weighted by Crippen LogP contribution is -2.35. The van der Waals surface area contributed by atoms with Gasteiger partial charge in [-0.05, 0) is 24.3 Å². The van der Waals surface area contributed by atoms with E-state index < -0.39 is 5.97 Å². The molecule has 0 radical (unpaired) electrons. The van der Waals surface area contributed by atoms with Gasteiger partial charge in [0.05, 0.1) is 16.8 Å². The van der Waals surface area contributed by atoms with Crippen LogP contribution in [0.3, 0.4) is 0 Å². The molecule has 0 aliphatic rings. The average molecular weight is 421 g/mol. The highest BCUT2D eigenvalue weighted by molar-refractivity contribution is 6.30. The van der Waals surface area contributed by atoms with Crippen LogP contribution in [0.1, 0.15) is 10.4 Å². The van der Waals surface area contributed by atoms with Gasteiger partial charge in [-0.15, -0.1) is 13.2 Å². The third kappa shape index (κ3) is 4.93. The number of pyridine rings is 1. The first-order chi connectivity index (χ1) is 14.5. The molecule has 0 atom stereocenters. The third-order valence-electron chi connectivity index (χ3n) is 4.45. The molecule has 5 nitrogen and oxygen atoms in total. The molecule has 0 fully saturated rings. The first kappa shape index (κ1) is 21.3. The molecule has 0 aliphatic carbocycles. The van der Waals surface area contributed by atoms with Crippen LogP contribution in [0.25, 0.3) is 22.2 Å². The molecule has 3 rings (SSSR count). The van der Waals surface area contributed by atoms with E-state index >= 15 is 0 Å². The average Bonchev–Trinajstić information content (AvgIpc) is 2.76. The van der Waals surface area contributed by atoms with Crippen molar-refractivity contribution in [3.63, 3.8) is 0 Å². The number of nitrogens with zero attached hydrogens (tertiary/aromatic N) is 2. The first-order valence-electron chi connectivity index (χ1n) is 9.36. The molecule has 0 bridgehead atoms. The maximum absolute atomic E-state index is 12.9. The number of fused-ring (bicyclic) bond motifs is 1. The smallest absolute Gasteiger partial charge is 0.339 e. The van der Waals surface area contributed by atoms with Gasteiger partial charge in [0.2, 0.25) is 0 Å². The molecular weight excluding hydrogens is 400 g/mol. The van der Waals surface area contributed by atoms with Crippen LogP contribution in [0.5, 0.6) is 0 Å². The SMILES string of the molecule is C=CCN(CC=C)C(=O)COC(=O)c1cc(-c2ccc(Cl)cc2)nc2ccccc12. The Morgan fingerprint density at radius 2 is 1.70 bits per heavy atom. The summed E-state index contributed by atoms with van der Waals surface area (Å²) in [4.78, 5) is 31.4. The Labute approximate surface area is 180 Å². The maximum atomic E-state index is 12.9. The van der Waals surface area contributed by atoms with E-state index in [0.29, 0.717) is 40.3 Å². The van der Waals surface area contributed by atoms with Gasteiger partial charge in [0.25, 0.3) is 5.91 Å². The lowest BCUT2D eigenvalue weighted by atomic mass is 10.0.